The van der Waals surface area contributed by atoms with E-state index in [1.54, 1.807) is 18.0 Å². The van der Waals surface area contributed by atoms with Crippen LogP contribution < -0.4 is 4.90 Å². The number of methoxy groups -OCH3 is 1. The lowest BCUT2D eigenvalue weighted by Gasteiger charge is -2.17. The van der Waals surface area contributed by atoms with Crippen molar-refractivity contribution in [1.29, 1.82) is 5.26 Å². The summed E-state index contributed by atoms with van der Waals surface area (Å²) >= 11 is 0. The maximum atomic E-state index is 11.0. The molecule has 0 bridgehead atoms. The van der Waals surface area contributed by atoms with E-state index in [9.17, 15) is 4.79 Å². The molecule has 0 spiro atoms. The van der Waals surface area contributed by atoms with E-state index < -0.39 is 0 Å². The molecule has 6 nitrogen and oxygen atoms in total. The maximum Gasteiger partial charge on any atom is 0.307 e. The van der Waals surface area contributed by atoms with Crippen molar-refractivity contribution in [2.45, 2.75) is 6.42 Å². The standard InChI is InChI=1S/C10H12N4O2/c1-14(6-4-9(15)16-2)10-8(7-11)3-5-12-13-10/h3,5H,4,6H2,1-2H3. The fraction of sp³-hybridized carbons (Fsp3) is 0.400. The fourth-order valence-electron chi connectivity index (χ4n) is 1.16. The zero-order valence-corrected chi connectivity index (χ0v) is 9.17. The van der Waals surface area contributed by atoms with Gasteiger partial charge in [0.15, 0.2) is 5.82 Å². The van der Waals surface area contributed by atoms with Gasteiger partial charge in [-0.2, -0.15) is 10.4 Å². The Labute approximate surface area is 93.5 Å². The molecule has 0 aliphatic carbocycles. The second-order valence-corrected chi connectivity index (χ2v) is 3.13. The quantitative estimate of drug-likeness (QED) is 0.681. The number of rotatable bonds is 4. The molecule has 6 heteroatoms. The van der Waals surface area contributed by atoms with Gasteiger partial charge in [-0.05, 0) is 6.07 Å². The number of nitriles is 1. The van der Waals surface area contributed by atoms with Gasteiger partial charge >= 0.3 is 5.97 Å². The summed E-state index contributed by atoms with van der Waals surface area (Å²) < 4.78 is 4.53. The molecule has 0 N–H and O–H groups in total. The first-order chi connectivity index (χ1) is 7.69. The number of nitrogens with zero attached hydrogens (tertiary/aromatic N) is 4. The summed E-state index contributed by atoms with van der Waals surface area (Å²) in [6, 6.07) is 3.60. The highest BCUT2D eigenvalue weighted by atomic mass is 16.5. The largest absolute Gasteiger partial charge is 0.469 e. The predicted molar refractivity (Wildman–Crippen MR) is 56.7 cm³/mol. The molecule has 0 atom stereocenters. The number of hydrogen-bond donors (Lipinski definition) is 0. The van der Waals surface area contributed by atoms with Crippen LogP contribution in [0, 0.1) is 11.3 Å². The van der Waals surface area contributed by atoms with Crippen LogP contribution in [0.15, 0.2) is 12.3 Å². The first kappa shape index (κ1) is 11.9. The Hall–Kier alpha value is -2.16. The molecule has 1 rings (SSSR count). The van der Waals surface area contributed by atoms with E-state index in [-0.39, 0.29) is 12.4 Å². The number of ether oxygens (including phenoxy) is 1. The molecular formula is C10H12N4O2. The van der Waals surface area contributed by atoms with Crippen molar-refractivity contribution in [1.82, 2.24) is 10.2 Å². The SMILES string of the molecule is COC(=O)CCN(C)c1nnccc1C#N. The average Bonchev–Trinajstić information content (AvgIpc) is 2.35. The van der Waals surface area contributed by atoms with Crippen molar-refractivity contribution >= 4 is 11.8 Å². The highest BCUT2D eigenvalue weighted by molar-refractivity contribution is 5.70. The monoisotopic (exact) mass is 220 g/mol. The van der Waals surface area contributed by atoms with Gasteiger partial charge in [-0.1, -0.05) is 0 Å². The van der Waals surface area contributed by atoms with Crippen LogP contribution in [0.1, 0.15) is 12.0 Å². The molecule has 0 fully saturated rings. The minimum absolute atomic E-state index is 0.244. The third kappa shape index (κ3) is 2.92. The normalized spacial score (nSPS) is 9.31. The number of esters is 1. The van der Waals surface area contributed by atoms with E-state index in [0.29, 0.717) is 17.9 Å². The summed E-state index contributed by atoms with van der Waals surface area (Å²) in [5.41, 5.74) is 0.433. The Morgan fingerprint density at radius 3 is 3.06 bits per heavy atom. The number of anilines is 1. The third-order valence-electron chi connectivity index (χ3n) is 2.06. The maximum absolute atomic E-state index is 11.0. The molecule has 0 saturated heterocycles. The second kappa shape index (κ2) is 5.66. The van der Waals surface area contributed by atoms with E-state index in [2.05, 4.69) is 14.9 Å². The van der Waals surface area contributed by atoms with Gasteiger partial charge in [-0.3, -0.25) is 4.79 Å². The summed E-state index contributed by atoms with van der Waals surface area (Å²) in [7, 11) is 3.08. The lowest BCUT2D eigenvalue weighted by Crippen LogP contribution is -2.23. The molecule has 0 aliphatic rings. The van der Waals surface area contributed by atoms with Crippen LogP contribution in [0.25, 0.3) is 0 Å². The molecule has 1 aromatic heterocycles. The van der Waals surface area contributed by atoms with Crippen molar-refractivity contribution in [3.8, 4) is 6.07 Å². The zero-order chi connectivity index (χ0) is 12.0. The van der Waals surface area contributed by atoms with Crippen LogP contribution in [-0.2, 0) is 9.53 Å². The molecule has 84 valence electrons. The molecular weight excluding hydrogens is 208 g/mol. The Kier molecular flexibility index (Phi) is 4.21. The van der Waals surface area contributed by atoms with Crippen molar-refractivity contribution < 1.29 is 9.53 Å². The van der Waals surface area contributed by atoms with E-state index in [0.717, 1.165) is 0 Å². The Balaban J connectivity index is 2.70. The van der Waals surface area contributed by atoms with Gasteiger partial charge in [0.2, 0.25) is 0 Å². The Morgan fingerprint density at radius 2 is 2.44 bits per heavy atom. The van der Waals surface area contributed by atoms with E-state index in [1.165, 1.54) is 13.3 Å². The van der Waals surface area contributed by atoms with Crippen molar-refractivity contribution in [3.63, 3.8) is 0 Å². The molecule has 1 heterocycles. The number of carbonyl (C=O) groups excluding carboxylic acids is 1. The van der Waals surface area contributed by atoms with Gasteiger partial charge in [-0.25, -0.2) is 0 Å². The van der Waals surface area contributed by atoms with Crippen LogP contribution in [0.3, 0.4) is 0 Å². The zero-order valence-electron chi connectivity index (χ0n) is 9.17. The van der Waals surface area contributed by atoms with E-state index >= 15 is 0 Å². The highest BCUT2D eigenvalue weighted by Crippen LogP contribution is 2.13. The first-order valence-corrected chi connectivity index (χ1v) is 4.68. The minimum atomic E-state index is -0.297. The number of hydrogen-bond acceptors (Lipinski definition) is 6. The summed E-state index contributed by atoms with van der Waals surface area (Å²) in [5.74, 6) is 0.170. The van der Waals surface area contributed by atoms with E-state index in [4.69, 9.17) is 5.26 Å². The van der Waals surface area contributed by atoms with E-state index in [1.807, 2.05) is 6.07 Å². The van der Waals surface area contributed by atoms with Gasteiger partial charge in [0.25, 0.3) is 0 Å². The molecule has 16 heavy (non-hydrogen) atoms. The number of carbonyl (C=O) groups is 1. The molecule has 0 unspecified atom stereocenters. The summed E-state index contributed by atoms with van der Waals surface area (Å²) in [5, 5.41) is 16.4. The third-order valence-corrected chi connectivity index (χ3v) is 2.06. The smallest absolute Gasteiger partial charge is 0.307 e. The lowest BCUT2D eigenvalue weighted by atomic mass is 10.3. The second-order valence-electron chi connectivity index (χ2n) is 3.13. The van der Waals surface area contributed by atoms with Crippen LogP contribution in [0.2, 0.25) is 0 Å². The number of aromatic nitrogens is 2. The topological polar surface area (TPSA) is 79.1 Å². The summed E-state index contributed by atoms with van der Waals surface area (Å²) in [6.45, 7) is 0.431. The Bertz CT molecular complexity index is 414. The summed E-state index contributed by atoms with van der Waals surface area (Å²) in [4.78, 5) is 12.6. The predicted octanol–water partition coefficient (Wildman–Crippen LogP) is 0.348. The molecule has 0 saturated carbocycles. The van der Waals surface area contributed by atoms with Crippen LogP contribution >= 0.6 is 0 Å². The van der Waals surface area contributed by atoms with Gasteiger partial charge in [-0.15, -0.1) is 5.10 Å². The lowest BCUT2D eigenvalue weighted by molar-refractivity contribution is -0.140. The Morgan fingerprint density at radius 1 is 1.69 bits per heavy atom. The van der Waals surface area contributed by atoms with Gasteiger partial charge in [0.1, 0.15) is 6.07 Å². The molecule has 0 radical (unpaired) electrons. The van der Waals surface area contributed by atoms with Crippen LogP contribution in [0.4, 0.5) is 5.82 Å². The molecule has 0 aromatic carbocycles. The highest BCUT2D eigenvalue weighted by Gasteiger charge is 2.10. The van der Waals surface area contributed by atoms with Crippen molar-refractivity contribution in [3.05, 3.63) is 17.8 Å². The van der Waals surface area contributed by atoms with Gasteiger partial charge < -0.3 is 9.64 Å². The van der Waals surface area contributed by atoms with Crippen LogP contribution in [0.5, 0.6) is 0 Å². The molecule has 1 aromatic rings. The van der Waals surface area contributed by atoms with Crippen molar-refractivity contribution in [2.24, 2.45) is 0 Å². The van der Waals surface area contributed by atoms with Gasteiger partial charge in [0, 0.05) is 13.6 Å². The fourth-order valence-corrected chi connectivity index (χ4v) is 1.16. The molecule has 0 amide bonds. The minimum Gasteiger partial charge on any atom is -0.469 e. The first-order valence-electron chi connectivity index (χ1n) is 4.68. The average molecular weight is 220 g/mol. The van der Waals surface area contributed by atoms with Crippen LogP contribution in [-0.4, -0.2) is 36.9 Å². The van der Waals surface area contributed by atoms with Crippen molar-refractivity contribution in [2.75, 3.05) is 25.6 Å². The summed E-state index contributed by atoms with van der Waals surface area (Å²) in [6.07, 6.45) is 1.70. The van der Waals surface area contributed by atoms with Gasteiger partial charge in [0.05, 0.1) is 25.3 Å². The molecule has 0 aliphatic heterocycles.